The van der Waals surface area contributed by atoms with Crippen molar-refractivity contribution in [1.29, 1.82) is 0 Å². The number of nitrogens with zero attached hydrogens (tertiary/aromatic N) is 1. The predicted octanol–water partition coefficient (Wildman–Crippen LogP) is 1.04. The molecule has 7 nitrogen and oxygen atoms in total. The molecule has 8 heteroatoms. The molecule has 1 saturated heterocycles. The molecule has 1 aromatic carbocycles. The highest BCUT2D eigenvalue weighted by Gasteiger charge is 2.50. The number of hydrogen-bond acceptors (Lipinski definition) is 6. The first-order valence-corrected chi connectivity index (χ1v) is 8.64. The number of nitrogens with one attached hydrogen (secondary N) is 1. The number of thioether (sulfide) groups is 1. The van der Waals surface area contributed by atoms with E-state index >= 15 is 0 Å². The lowest BCUT2D eigenvalue weighted by atomic mass is 10.1. The second-order valence-corrected chi connectivity index (χ2v) is 6.58. The van der Waals surface area contributed by atoms with Gasteiger partial charge in [0.2, 0.25) is 5.91 Å². The molecular formula is C16H20N2O5S. The number of amides is 2. The summed E-state index contributed by atoms with van der Waals surface area (Å²) in [7, 11) is 4.62. The number of ether oxygens (including phenoxy) is 3. The van der Waals surface area contributed by atoms with Gasteiger partial charge in [-0.15, -0.1) is 11.8 Å². The van der Waals surface area contributed by atoms with E-state index in [9.17, 15) is 9.59 Å². The summed E-state index contributed by atoms with van der Waals surface area (Å²) >= 11 is 1.58. The minimum absolute atomic E-state index is 0.158. The average Bonchev–Trinajstić information content (AvgIpc) is 3.14. The van der Waals surface area contributed by atoms with Gasteiger partial charge in [-0.3, -0.25) is 9.59 Å². The van der Waals surface area contributed by atoms with E-state index in [0.717, 1.165) is 5.56 Å². The van der Waals surface area contributed by atoms with Crippen LogP contribution >= 0.6 is 11.8 Å². The largest absolute Gasteiger partial charge is 0.493 e. The Balaban J connectivity index is 1.88. The van der Waals surface area contributed by atoms with E-state index in [1.54, 1.807) is 29.8 Å². The smallest absolute Gasteiger partial charge is 0.260 e. The second-order valence-electron chi connectivity index (χ2n) is 5.46. The van der Waals surface area contributed by atoms with E-state index in [2.05, 4.69) is 5.32 Å². The third-order valence-electron chi connectivity index (χ3n) is 4.20. The van der Waals surface area contributed by atoms with Gasteiger partial charge in [0.15, 0.2) is 11.5 Å². The quantitative estimate of drug-likeness (QED) is 0.771. The summed E-state index contributed by atoms with van der Waals surface area (Å²) in [4.78, 5) is 27.0. The first kappa shape index (κ1) is 16.9. The van der Waals surface area contributed by atoms with Gasteiger partial charge in [-0.1, -0.05) is 6.07 Å². The van der Waals surface area contributed by atoms with Crippen molar-refractivity contribution >= 4 is 23.6 Å². The zero-order valence-electron chi connectivity index (χ0n) is 13.8. The van der Waals surface area contributed by atoms with Gasteiger partial charge >= 0.3 is 0 Å². The summed E-state index contributed by atoms with van der Waals surface area (Å²) in [5, 5.41) is 2.65. The van der Waals surface area contributed by atoms with Crippen LogP contribution in [0.4, 0.5) is 0 Å². The first-order valence-electron chi connectivity index (χ1n) is 7.59. The highest BCUT2D eigenvalue weighted by Crippen LogP contribution is 2.52. The fraction of sp³-hybridized carbons (Fsp3) is 0.500. The van der Waals surface area contributed by atoms with Gasteiger partial charge in [0, 0.05) is 25.0 Å². The molecule has 1 fully saturated rings. The normalized spacial score (nSPS) is 21.5. The van der Waals surface area contributed by atoms with Gasteiger partial charge in [-0.05, 0) is 6.07 Å². The Labute approximate surface area is 144 Å². The summed E-state index contributed by atoms with van der Waals surface area (Å²) in [6.45, 7) is 0.863. The van der Waals surface area contributed by atoms with Crippen LogP contribution in [0.2, 0.25) is 0 Å². The minimum Gasteiger partial charge on any atom is -0.493 e. The van der Waals surface area contributed by atoms with Crippen LogP contribution in [0.1, 0.15) is 21.3 Å². The molecule has 2 aliphatic rings. The lowest BCUT2D eigenvalue weighted by Crippen LogP contribution is -2.46. The molecule has 2 amide bonds. The van der Waals surface area contributed by atoms with E-state index in [4.69, 9.17) is 14.2 Å². The van der Waals surface area contributed by atoms with Gasteiger partial charge in [0.25, 0.3) is 5.91 Å². The van der Waals surface area contributed by atoms with Crippen molar-refractivity contribution in [1.82, 2.24) is 10.2 Å². The Hall–Kier alpha value is -1.93. The summed E-state index contributed by atoms with van der Waals surface area (Å²) in [6, 6.07) is 3.17. The van der Waals surface area contributed by atoms with Gasteiger partial charge in [-0.25, -0.2) is 0 Å². The Morgan fingerprint density at radius 3 is 2.79 bits per heavy atom. The Bertz CT molecular complexity index is 666. The first-order chi connectivity index (χ1) is 11.6. The lowest BCUT2D eigenvalue weighted by Gasteiger charge is -2.22. The third-order valence-corrected chi connectivity index (χ3v) is 5.51. The van der Waals surface area contributed by atoms with Gasteiger partial charge < -0.3 is 24.4 Å². The van der Waals surface area contributed by atoms with Crippen molar-refractivity contribution in [3.05, 3.63) is 23.3 Å². The summed E-state index contributed by atoms with van der Waals surface area (Å²) < 4.78 is 15.6. The number of carbonyl (C=O) groups is 2. The fourth-order valence-electron chi connectivity index (χ4n) is 3.09. The average molecular weight is 352 g/mol. The van der Waals surface area contributed by atoms with Gasteiger partial charge in [0.05, 0.1) is 26.4 Å². The van der Waals surface area contributed by atoms with Crippen molar-refractivity contribution in [3.8, 4) is 11.5 Å². The number of fused-ring (bicyclic) bond motifs is 3. The second kappa shape index (κ2) is 6.90. The van der Waals surface area contributed by atoms with E-state index in [-0.39, 0.29) is 17.2 Å². The van der Waals surface area contributed by atoms with Crippen LogP contribution in [-0.4, -0.2) is 63.0 Å². The molecule has 1 aromatic rings. The zero-order chi connectivity index (χ0) is 17.3. The maximum atomic E-state index is 12.9. The monoisotopic (exact) mass is 352 g/mol. The molecule has 0 aromatic heterocycles. The number of rotatable bonds is 6. The fourth-order valence-corrected chi connectivity index (χ4v) is 4.54. The summed E-state index contributed by atoms with van der Waals surface area (Å²) in [6.07, 6.45) is 0. The topological polar surface area (TPSA) is 77.1 Å². The van der Waals surface area contributed by atoms with Gasteiger partial charge in [-0.2, -0.15) is 0 Å². The third kappa shape index (κ3) is 2.59. The maximum absolute atomic E-state index is 12.9. The van der Waals surface area contributed by atoms with Crippen LogP contribution in [0.15, 0.2) is 12.1 Å². The van der Waals surface area contributed by atoms with Crippen LogP contribution in [0.5, 0.6) is 11.5 Å². The number of carbonyl (C=O) groups excluding carboxylic acids is 2. The molecule has 2 heterocycles. The van der Waals surface area contributed by atoms with Crippen molar-refractivity contribution < 1.29 is 23.8 Å². The summed E-state index contributed by atoms with van der Waals surface area (Å²) in [5.74, 6) is 1.16. The molecule has 2 atom stereocenters. The summed E-state index contributed by atoms with van der Waals surface area (Å²) in [5.41, 5.74) is 1.36. The van der Waals surface area contributed by atoms with Crippen LogP contribution in [0, 0.1) is 0 Å². The molecule has 0 spiro atoms. The van der Waals surface area contributed by atoms with E-state index in [1.165, 1.54) is 14.2 Å². The van der Waals surface area contributed by atoms with Crippen LogP contribution in [-0.2, 0) is 9.53 Å². The molecule has 3 rings (SSSR count). The standard InChI is InChI=1S/C16H20N2O5S/c1-21-7-6-17-14(19)10-8-24-16-9-4-5-11(22-2)13(23-3)12(9)15(20)18(10)16/h4-5,10,16H,6-8H2,1-3H3,(H,17,19)/t10-,16-/m1/s1. The minimum atomic E-state index is -0.493. The molecule has 0 unspecified atom stereocenters. The molecule has 0 aliphatic carbocycles. The van der Waals surface area contributed by atoms with E-state index in [1.807, 2.05) is 6.07 Å². The van der Waals surface area contributed by atoms with Crippen molar-refractivity contribution in [2.24, 2.45) is 0 Å². The van der Waals surface area contributed by atoms with Crippen LogP contribution in [0.3, 0.4) is 0 Å². The molecule has 1 N–H and O–H groups in total. The Morgan fingerprint density at radius 2 is 2.12 bits per heavy atom. The number of hydrogen-bond donors (Lipinski definition) is 1. The van der Waals surface area contributed by atoms with Crippen LogP contribution in [0.25, 0.3) is 0 Å². The van der Waals surface area contributed by atoms with Crippen LogP contribution < -0.4 is 14.8 Å². The zero-order valence-corrected chi connectivity index (χ0v) is 14.6. The van der Waals surface area contributed by atoms with Gasteiger partial charge in [0.1, 0.15) is 11.4 Å². The molecule has 0 radical (unpaired) electrons. The predicted molar refractivity (Wildman–Crippen MR) is 89.6 cm³/mol. The molecule has 130 valence electrons. The van der Waals surface area contributed by atoms with E-state index < -0.39 is 6.04 Å². The highest BCUT2D eigenvalue weighted by atomic mass is 32.2. The van der Waals surface area contributed by atoms with Crippen molar-refractivity contribution in [2.45, 2.75) is 11.4 Å². The van der Waals surface area contributed by atoms with E-state index in [0.29, 0.717) is 36.0 Å². The lowest BCUT2D eigenvalue weighted by molar-refractivity contribution is -0.124. The number of benzene rings is 1. The number of methoxy groups -OCH3 is 3. The highest BCUT2D eigenvalue weighted by molar-refractivity contribution is 7.99. The Kier molecular flexibility index (Phi) is 4.86. The van der Waals surface area contributed by atoms with Crippen molar-refractivity contribution in [2.75, 3.05) is 40.2 Å². The molecule has 0 saturated carbocycles. The maximum Gasteiger partial charge on any atom is 0.260 e. The van der Waals surface area contributed by atoms with Crippen molar-refractivity contribution in [3.63, 3.8) is 0 Å². The molecule has 2 aliphatic heterocycles. The Morgan fingerprint density at radius 1 is 1.33 bits per heavy atom. The SMILES string of the molecule is COCCNC(=O)[C@H]1CS[C@@H]2c3ccc(OC)c(OC)c3C(=O)N12. The molecule has 0 bridgehead atoms. The molecular weight excluding hydrogens is 332 g/mol. The molecule has 24 heavy (non-hydrogen) atoms.